The third kappa shape index (κ3) is 5.19. The number of hydrogen-bond acceptors (Lipinski definition) is 5. The molecule has 2 atom stereocenters. The molecule has 1 rings (SSSR count). The van der Waals surface area contributed by atoms with Crippen LogP contribution in [0.2, 0.25) is 0 Å². The Balaban J connectivity index is 2.87. The number of aliphatic hydroxyl groups excluding tert-OH is 1. The molecule has 5 heteroatoms. The van der Waals surface area contributed by atoms with Crippen LogP contribution in [0.5, 0.6) is 11.5 Å². The SMILES string of the molecule is CCC(NC(CCO)COC)c1ccc(OC)c(OC)c1. The minimum Gasteiger partial charge on any atom is -0.493 e. The van der Waals surface area contributed by atoms with Crippen molar-refractivity contribution in [2.45, 2.75) is 31.8 Å². The molecule has 1 aromatic carbocycles. The average Bonchev–Trinajstić information content (AvgIpc) is 2.52. The summed E-state index contributed by atoms with van der Waals surface area (Å²) >= 11 is 0. The fourth-order valence-electron chi connectivity index (χ4n) is 2.38. The second-order valence-electron chi connectivity index (χ2n) is 4.91. The van der Waals surface area contributed by atoms with Crippen molar-refractivity contribution in [2.24, 2.45) is 0 Å². The summed E-state index contributed by atoms with van der Waals surface area (Å²) in [5, 5.41) is 12.7. The fourth-order valence-corrected chi connectivity index (χ4v) is 2.38. The molecule has 2 N–H and O–H groups in total. The molecular formula is C16H27NO4. The van der Waals surface area contributed by atoms with E-state index in [1.54, 1.807) is 21.3 Å². The van der Waals surface area contributed by atoms with Crippen LogP contribution >= 0.6 is 0 Å². The van der Waals surface area contributed by atoms with Gasteiger partial charge in [0.15, 0.2) is 11.5 Å². The second-order valence-corrected chi connectivity index (χ2v) is 4.91. The van der Waals surface area contributed by atoms with Crippen molar-refractivity contribution in [2.75, 3.05) is 34.5 Å². The van der Waals surface area contributed by atoms with Crippen LogP contribution < -0.4 is 14.8 Å². The normalized spacial score (nSPS) is 13.8. The Bertz CT molecular complexity index is 405. The average molecular weight is 297 g/mol. The number of hydrogen-bond donors (Lipinski definition) is 2. The van der Waals surface area contributed by atoms with E-state index in [1.807, 2.05) is 18.2 Å². The molecule has 0 amide bonds. The molecule has 0 bridgehead atoms. The van der Waals surface area contributed by atoms with Gasteiger partial charge in [-0.2, -0.15) is 0 Å². The number of aliphatic hydroxyl groups is 1. The van der Waals surface area contributed by atoms with E-state index in [9.17, 15) is 0 Å². The highest BCUT2D eigenvalue weighted by atomic mass is 16.5. The molecule has 0 radical (unpaired) electrons. The van der Waals surface area contributed by atoms with E-state index in [4.69, 9.17) is 19.3 Å². The maximum absolute atomic E-state index is 9.14. The Hall–Kier alpha value is -1.30. The first-order valence-electron chi connectivity index (χ1n) is 7.27. The van der Waals surface area contributed by atoms with Crippen molar-refractivity contribution in [3.8, 4) is 11.5 Å². The lowest BCUT2D eigenvalue weighted by Gasteiger charge is -2.25. The summed E-state index contributed by atoms with van der Waals surface area (Å²) in [5.41, 5.74) is 1.13. The molecule has 5 nitrogen and oxygen atoms in total. The van der Waals surface area contributed by atoms with Gasteiger partial charge in [-0.3, -0.25) is 0 Å². The Morgan fingerprint density at radius 2 is 1.86 bits per heavy atom. The molecule has 0 aromatic heterocycles. The van der Waals surface area contributed by atoms with Crippen LogP contribution in [0.1, 0.15) is 31.4 Å². The molecule has 0 saturated carbocycles. The number of methoxy groups -OCH3 is 3. The molecule has 0 saturated heterocycles. The van der Waals surface area contributed by atoms with E-state index in [2.05, 4.69) is 12.2 Å². The number of rotatable bonds is 10. The van der Waals surface area contributed by atoms with Crippen LogP contribution in [-0.2, 0) is 4.74 Å². The van der Waals surface area contributed by atoms with E-state index in [1.165, 1.54) is 0 Å². The smallest absolute Gasteiger partial charge is 0.161 e. The summed E-state index contributed by atoms with van der Waals surface area (Å²) in [5.74, 6) is 1.45. The maximum atomic E-state index is 9.14. The molecule has 21 heavy (non-hydrogen) atoms. The monoisotopic (exact) mass is 297 g/mol. The molecule has 0 aliphatic rings. The molecule has 0 spiro atoms. The Labute approximate surface area is 127 Å². The zero-order valence-corrected chi connectivity index (χ0v) is 13.4. The van der Waals surface area contributed by atoms with Crippen molar-refractivity contribution in [3.63, 3.8) is 0 Å². The van der Waals surface area contributed by atoms with Gasteiger partial charge in [-0.05, 0) is 30.5 Å². The molecular weight excluding hydrogens is 270 g/mol. The van der Waals surface area contributed by atoms with E-state index in [-0.39, 0.29) is 18.7 Å². The van der Waals surface area contributed by atoms with E-state index < -0.39 is 0 Å². The zero-order valence-electron chi connectivity index (χ0n) is 13.4. The quantitative estimate of drug-likeness (QED) is 0.693. The number of nitrogens with one attached hydrogen (secondary N) is 1. The first-order valence-corrected chi connectivity index (χ1v) is 7.27. The summed E-state index contributed by atoms with van der Waals surface area (Å²) in [6.45, 7) is 2.84. The standard InChI is InChI=1S/C16H27NO4/c1-5-14(17-13(8-9-18)11-19-2)12-6-7-15(20-3)16(10-12)21-4/h6-7,10,13-14,17-18H,5,8-9,11H2,1-4H3. The van der Waals surface area contributed by atoms with Crippen molar-refractivity contribution in [1.82, 2.24) is 5.32 Å². The van der Waals surface area contributed by atoms with Crippen molar-refractivity contribution in [3.05, 3.63) is 23.8 Å². The van der Waals surface area contributed by atoms with E-state index in [0.717, 1.165) is 23.5 Å². The third-order valence-electron chi connectivity index (χ3n) is 3.50. The van der Waals surface area contributed by atoms with Gasteiger partial charge in [-0.1, -0.05) is 13.0 Å². The second kappa shape index (κ2) is 9.60. The summed E-state index contributed by atoms with van der Waals surface area (Å²) in [6, 6.07) is 6.24. The highest BCUT2D eigenvalue weighted by Crippen LogP contribution is 2.31. The van der Waals surface area contributed by atoms with Crippen LogP contribution in [0.4, 0.5) is 0 Å². The molecule has 0 aliphatic heterocycles. The van der Waals surface area contributed by atoms with Gasteiger partial charge in [-0.15, -0.1) is 0 Å². The lowest BCUT2D eigenvalue weighted by Crippen LogP contribution is -2.36. The maximum Gasteiger partial charge on any atom is 0.161 e. The molecule has 0 fully saturated rings. The van der Waals surface area contributed by atoms with Gasteiger partial charge in [0, 0.05) is 25.8 Å². The van der Waals surface area contributed by atoms with Crippen LogP contribution in [0, 0.1) is 0 Å². The molecule has 2 unspecified atom stereocenters. The van der Waals surface area contributed by atoms with Crippen LogP contribution in [0.25, 0.3) is 0 Å². The summed E-state index contributed by atoms with van der Waals surface area (Å²) in [7, 11) is 4.93. The lowest BCUT2D eigenvalue weighted by atomic mass is 10.0. The molecule has 0 heterocycles. The van der Waals surface area contributed by atoms with Crippen LogP contribution in [-0.4, -0.2) is 45.7 Å². The van der Waals surface area contributed by atoms with Gasteiger partial charge in [0.1, 0.15) is 0 Å². The minimum atomic E-state index is 0.123. The summed E-state index contributed by atoms with van der Waals surface area (Å²) in [4.78, 5) is 0. The van der Waals surface area contributed by atoms with Gasteiger partial charge < -0.3 is 24.6 Å². The van der Waals surface area contributed by atoms with Gasteiger partial charge in [-0.25, -0.2) is 0 Å². The topological polar surface area (TPSA) is 60.0 Å². The first-order chi connectivity index (χ1) is 10.2. The lowest BCUT2D eigenvalue weighted by molar-refractivity contribution is 0.142. The third-order valence-corrected chi connectivity index (χ3v) is 3.50. The van der Waals surface area contributed by atoms with Crippen molar-refractivity contribution < 1.29 is 19.3 Å². The fraction of sp³-hybridized carbons (Fsp3) is 0.625. The van der Waals surface area contributed by atoms with Gasteiger partial charge >= 0.3 is 0 Å². The summed E-state index contributed by atoms with van der Waals surface area (Å²) in [6.07, 6.45) is 1.60. The predicted molar refractivity (Wildman–Crippen MR) is 83.1 cm³/mol. The Morgan fingerprint density at radius 3 is 2.38 bits per heavy atom. The largest absolute Gasteiger partial charge is 0.493 e. The molecule has 120 valence electrons. The van der Waals surface area contributed by atoms with Gasteiger partial charge in [0.2, 0.25) is 0 Å². The van der Waals surface area contributed by atoms with E-state index in [0.29, 0.717) is 13.0 Å². The van der Waals surface area contributed by atoms with Crippen LogP contribution in [0.15, 0.2) is 18.2 Å². The Kier molecular flexibility index (Phi) is 8.12. The van der Waals surface area contributed by atoms with Crippen molar-refractivity contribution in [1.29, 1.82) is 0 Å². The molecule has 0 aliphatic carbocycles. The van der Waals surface area contributed by atoms with Crippen molar-refractivity contribution >= 4 is 0 Å². The highest BCUT2D eigenvalue weighted by Gasteiger charge is 2.17. The van der Waals surface area contributed by atoms with Crippen LogP contribution in [0.3, 0.4) is 0 Å². The Morgan fingerprint density at radius 1 is 1.14 bits per heavy atom. The van der Waals surface area contributed by atoms with E-state index >= 15 is 0 Å². The molecule has 1 aromatic rings. The first kappa shape index (κ1) is 17.8. The highest BCUT2D eigenvalue weighted by molar-refractivity contribution is 5.43. The number of ether oxygens (including phenoxy) is 3. The van der Waals surface area contributed by atoms with Gasteiger partial charge in [0.05, 0.1) is 20.8 Å². The predicted octanol–water partition coefficient (Wildman–Crippen LogP) is 2.14. The zero-order chi connectivity index (χ0) is 15.7. The number of benzene rings is 1. The summed E-state index contributed by atoms with van der Waals surface area (Å²) < 4.78 is 15.8. The van der Waals surface area contributed by atoms with Gasteiger partial charge in [0.25, 0.3) is 0 Å². The minimum absolute atomic E-state index is 0.123.